The quantitative estimate of drug-likeness (QED) is 0.639. The van der Waals surface area contributed by atoms with Gasteiger partial charge in [0.05, 0.1) is 22.2 Å². The maximum absolute atomic E-state index is 12.4. The summed E-state index contributed by atoms with van der Waals surface area (Å²) in [6.45, 7) is 1.66. The molecule has 7 nitrogen and oxygen atoms in total. The van der Waals surface area contributed by atoms with E-state index in [0.29, 0.717) is 38.7 Å². The Balaban J connectivity index is 1.91. The number of nitrogens with one attached hydrogen (secondary N) is 1. The van der Waals surface area contributed by atoms with Crippen LogP contribution in [0.4, 0.5) is 5.69 Å². The lowest BCUT2D eigenvalue weighted by molar-refractivity contribution is -0.139. The van der Waals surface area contributed by atoms with Crippen molar-refractivity contribution >= 4 is 52.2 Å². The van der Waals surface area contributed by atoms with Crippen LogP contribution in [0.25, 0.3) is 6.08 Å². The van der Waals surface area contributed by atoms with Crippen molar-refractivity contribution in [3.05, 3.63) is 58.0 Å². The van der Waals surface area contributed by atoms with Gasteiger partial charge in [0.15, 0.2) is 23.3 Å². The Hall–Kier alpha value is -2.97. The van der Waals surface area contributed by atoms with Crippen molar-refractivity contribution in [1.29, 1.82) is 0 Å². The Morgan fingerprint density at radius 3 is 2.76 bits per heavy atom. The highest BCUT2D eigenvalue weighted by atomic mass is 35.5. The van der Waals surface area contributed by atoms with Crippen LogP contribution in [0.1, 0.15) is 12.5 Å². The third-order valence-electron chi connectivity index (χ3n) is 3.66. The Morgan fingerprint density at radius 2 is 2.03 bits per heavy atom. The molecule has 2 N–H and O–H groups in total. The predicted molar refractivity (Wildman–Crippen MR) is 113 cm³/mol. The number of aliphatic imine (C=N–C) groups is 1. The lowest BCUT2D eigenvalue weighted by Crippen LogP contribution is -2.19. The summed E-state index contributed by atoms with van der Waals surface area (Å²) in [5, 5.41) is 12.5. The first-order valence-corrected chi connectivity index (χ1v) is 9.82. The van der Waals surface area contributed by atoms with Crippen molar-refractivity contribution in [3.8, 4) is 11.5 Å². The summed E-state index contributed by atoms with van der Waals surface area (Å²) in [5.41, 5.74) is 1.07. The van der Waals surface area contributed by atoms with Crippen LogP contribution in [0, 0.1) is 0 Å². The van der Waals surface area contributed by atoms with Gasteiger partial charge in [-0.1, -0.05) is 35.9 Å². The Labute approximate surface area is 176 Å². The van der Waals surface area contributed by atoms with Gasteiger partial charge in [0.1, 0.15) is 0 Å². The summed E-state index contributed by atoms with van der Waals surface area (Å²) in [6.07, 6.45) is 1.61. The van der Waals surface area contributed by atoms with Crippen molar-refractivity contribution in [2.75, 3.05) is 13.2 Å². The molecule has 0 unspecified atom stereocenters. The first-order valence-electron chi connectivity index (χ1n) is 8.62. The Kier molecular flexibility index (Phi) is 6.79. The molecular weight excluding hydrogens is 416 g/mol. The molecule has 1 aliphatic rings. The molecule has 0 atom stereocenters. The number of hydrogen-bond acceptors (Lipinski definition) is 6. The maximum Gasteiger partial charge on any atom is 0.341 e. The molecule has 3 rings (SSSR count). The van der Waals surface area contributed by atoms with E-state index in [1.165, 1.54) is 0 Å². The van der Waals surface area contributed by atoms with Crippen molar-refractivity contribution in [3.63, 3.8) is 0 Å². The fraction of sp³-hybridized carbons (Fsp3) is 0.150. The van der Waals surface area contributed by atoms with Gasteiger partial charge >= 0.3 is 5.97 Å². The van der Waals surface area contributed by atoms with E-state index in [2.05, 4.69) is 10.3 Å². The maximum atomic E-state index is 12.4. The van der Waals surface area contributed by atoms with Crippen molar-refractivity contribution in [2.24, 2.45) is 4.99 Å². The fourth-order valence-corrected chi connectivity index (χ4v) is 3.48. The highest BCUT2D eigenvalue weighted by Gasteiger charge is 2.25. The first-order chi connectivity index (χ1) is 14.0. The number of benzene rings is 2. The molecular formula is C20H17ClN2O5S. The number of carboxylic acid groups (broad SMARTS) is 1. The number of carboxylic acids is 1. The minimum atomic E-state index is -1.11. The van der Waals surface area contributed by atoms with E-state index in [9.17, 15) is 9.59 Å². The van der Waals surface area contributed by atoms with Crippen LogP contribution in [0.5, 0.6) is 11.5 Å². The second kappa shape index (κ2) is 9.49. The second-order valence-corrected chi connectivity index (χ2v) is 7.16. The van der Waals surface area contributed by atoms with Gasteiger partial charge in [0, 0.05) is 5.56 Å². The minimum Gasteiger partial charge on any atom is -0.490 e. The van der Waals surface area contributed by atoms with Crippen LogP contribution >= 0.6 is 23.4 Å². The second-order valence-electron chi connectivity index (χ2n) is 5.72. The van der Waals surface area contributed by atoms with E-state index in [1.54, 1.807) is 48.5 Å². The summed E-state index contributed by atoms with van der Waals surface area (Å²) >= 11 is 7.26. The number of para-hydroxylation sites is 2. The van der Waals surface area contributed by atoms with Crippen LogP contribution < -0.4 is 14.8 Å². The summed E-state index contributed by atoms with van der Waals surface area (Å²) in [4.78, 5) is 28.0. The summed E-state index contributed by atoms with van der Waals surface area (Å²) in [6, 6.07) is 12.2. The number of amides is 1. The molecule has 0 radical (unpaired) electrons. The van der Waals surface area contributed by atoms with E-state index in [1.807, 2.05) is 6.92 Å². The molecule has 1 saturated heterocycles. The number of aliphatic carboxylic acids is 1. The van der Waals surface area contributed by atoms with Crippen molar-refractivity contribution < 1.29 is 24.2 Å². The van der Waals surface area contributed by atoms with E-state index in [0.717, 1.165) is 11.8 Å². The zero-order valence-electron chi connectivity index (χ0n) is 15.3. The van der Waals surface area contributed by atoms with Gasteiger partial charge in [-0.05, 0) is 43.0 Å². The standard InChI is InChI=1S/C20H17ClN2O5S/c1-2-27-15-9-5-6-12(18(15)28-11-17(24)25)10-16-19(26)23-20(29-16)22-14-8-4-3-7-13(14)21/h3-10H,2,11H2,1H3,(H,24,25)(H,22,23,26)/b16-10+. The van der Waals surface area contributed by atoms with Crippen LogP contribution in [0.3, 0.4) is 0 Å². The molecule has 0 spiro atoms. The van der Waals surface area contributed by atoms with Crippen LogP contribution in [-0.2, 0) is 9.59 Å². The molecule has 1 heterocycles. The van der Waals surface area contributed by atoms with E-state index < -0.39 is 12.6 Å². The molecule has 1 amide bonds. The number of nitrogens with zero attached hydrogens (tertiary/aromatic N) is 1. The smallest absolute Gasteiger partial charge is 0.341 e. The molecule has 2 aromatic rings. The van der Waals surface area contributed by atoms with Gasteiger partial charge in [-0.3, -0.25) is 4.79 Å². The number of rotatable bonds is 7. The minimum absolute atomic E-state index is 0.258. The van der Waals surface area contributed by atoms with Crippen molar-refractivity contribution in [2.45, 2.75) is 6.92 Å². The third kappa shape index (κ3) is 5.30. The lowest BCUT2D eigenvalue weighted by Gasteiger charge is -2.13. The number of halogens is 1. The predicted octanol–water partition coefficient (Wildman–Crippen LogP) is 4.09. The zero-order chi connectivity index (χ0) is 20.8. The number of amidine groups is 1. The summed E-state index contributed by atoms with van der Waals surface area (Å²) in [7, 11) is 0. The van der Waals surface area contributed by atoms with E-state index >= 15 is 0 Å². The number of thioether (sulfide) groups is 1. The molecule has 0 bridgehead atoms. The molecule has 9 heteroatoms. The van der Waals surface area contributed by atoms with Crippen LogP contribution in [0.2, 0.25) is 5.02 Å². The number of carbonyl (C=O) groups excluding carboxylic acids is 1. The van der Waals surface area contributed by atoms with Gasteiger partial charge in [-0.2, -0.15) is 0 Å². The lowest BCUT2D eigenvalue weighted by atomic mass is 10.1. The molecule has 150 valence electrons. The average molecular weight is 433 g/mol. The van der Waals surface area contributed by atoms with Gasteiger partial charge in [0.2, 0.25) is 0 Å². The molecule has 0 saturated carbocycles. The number of ether oxygens (including phenoxy) is 2. The SMILES string of the molecule is CCOc1cccc(/C=C2/SC(=Nc3ccccc3Cl)NC2=O)c1OCC(=O)O. The van der Waals surface area contributed by atoms with Crippen LogP contribution in [0.15, 0.2) is 52.4 Å². The van der Waals surface area contributed by atoms with Gasteiger partial charge < -0.3 is 19.9 Å². The highest BCUT2D eigenvalue weighted by Crippen LogP contribution is 2.36. The number of hydrogen-bond donors (Lipinski definition) is 2. The summed E-state index contributed by atoms with van der Waals surface area (Å²) in [5.74, 6) is -0.783. The Morgan fingerprint density at radius 1 is 1.24 bits per heavy atom. The molecule has 0 aromatic heterocycles. The zero-order valence-corrected chi connectivity index (χ0v) is 16.9. The summed E-state index contributed by atoms with van der Waals surface area (Å²) < 4.78 is 10.9. The molecule has 2 aromatic carbocycles. The topological polar surface area (TPSA) is 97.2 Å². The monoisotopic (exact) mass is 432 g/mol. The fourth-order valence-electron chi connectivity index (χ4n) is 2.48. The van der Waals surface area contributed by atoms with Gasteiger partial charge in [-0.25, -0.2) is 9.79 Å². The third-order valence-corrected chi connectivity index (χ3v) is 4.89. The Bertz CT molecular complexity index is 1010. The average Bonchev–Trinajstić information content (AvgIpc) is 3.02. The molecule has 29 heavy (non-hydrogen) atoms. The van der Waals surface area contributed by atoms with Gasteiger partial charge in [0.25, 0.3) is 5.91 Å². The first kappa shape index (κ1) is 20.8. The molecule has 1 aliphatic heterocycles. The van der Waals surface area contributed by atoms with Crippen LogP contribution in [-0.4, -0.2) is 35.4 Å². The van der Waals surface area contributed by atoms with E-state index in [4.69, 9.17) is 26.2 Å². The number of carbonyl (C=O) groups is 2. The molecule has 1 fully saturated rings. The van der Waals surface area contributed by atoms with E-state index in [-0.39, 0.29) is 11.7 Å². The van der Waals surface area contributed by atoms with Gasteiger partial charge in [-0.15, -0.1) is 0 Å². The largest absolute Gasteiger partial charge is 0.490 e. The van der Waals surface area contributed by atoms with Crippen molar-refractivity contribution in [1.82, 2.24) is 5.32 Å². The molecule has 0 aliphatic carbocycles. The normalized spacial score (nSPS) is 16.1. The highest BCUT2D eigenvalue weighted by molar-refractivity contribution is 8.18.